The van der Waals surface area contributed by atoms with Crippen LogP contribution in [0.1, 0.15) is 90.2 Å². The number of methoxy groups -OCH3 is 1. The first-order valence-electron chi connectivity index (χ1n) is 24.8. The SMILES string of the molecule is C=CC(=O)N1COC2(CCN(C(=O)N(C)[C@H](C(=O)N[C@H]3Cc4cccc(c4)-c4ccc5c(c4)c(c(-c4cccnc4[C@H](C)OC)n5CC)CC(C)(C)COC(=O)[C@@H]4CCCN(N4)C3=O)C(C)C)CC2)C1. The molecule has 2 N–H and O–H groups in total. The van der Waals surface area contributed by atoms with Crippen molar-refractivity contribution in [2.75, 3.05) is 53.7 Å². The summed E-state index contributed by atoms with van der Waals surface area (Å²) in [5.41, 5.74) is 9.94. The summed E-state index contributed by atoms with van der Waals surface area (Å²) < 4.78 is 20.4. The van der Waals surface area contributed by atoms with Crippen LogP contribution in [0.25, 0.3) is 33.3 Å². The first-order valence-corrected chi connectivity index (χ1v) is 24.8. The molecule has 4 aliphatic heterocycles. The quantitative estimate of drug-likeness (QED) is 0.137. The van der Waals surface area contributed by atoms with E-state index in [1.54, 1.807) is 30.2 Å². The summed E-state index contributed by atoms with van der Waals surface area (Å²) >= 11 is 0. The molecule has 4 aromatic rings. The zero-order valence-electron chi connectivity index (χ0n) is 42.1. The van der Waals surface area contributed by atoms with E-state index in [0.29, 0.717) is 64.8 Å². The molecule has 0 saturated carbocycles. The Hall–Kier alpha value is -6.10. The number of likely N-dealkylation sites (N-methyl/N-ethyl adjacent to an activating group) is 1. The van der Waals surface area contributed by atoms with E-state index in [2.05, 4.69) is 79.1 Å². The molecule has 0 aliphatic carbocycles. The summed E-state index contributed by atoms with van der Waals surface area (Å²) in [6.07, 6.45) is 5.65. The van der Waals surface area contributed by atoms with E-state index < -0.39 is 46.9 Å². The van der Waals surface area contributed by atoms with Crippen molar-refractivity contribution < 1.29 is 38.2 Å². The van der Waals surface area contributed by atoms with Gasteiger partial charge in [0.1, 0.15) is 24.9 Å². The molecule has 4 atom stereocenters. The van der Waals surface area contributed by atoms with Crippen LogP contribution in [0.4, 0.5) is 4.79 Å². The summed E-state index contributed by atoms with van der Waals surface area (Å²) in [4.78, 5) is 79.5. The zero-order chi connectivity index (χ0) is 50.1. The Morgan fingerprint density at radius 2 is 1.79 bits per heavy atom. The number of cyclic esters (lactones) is 1. The van der Waals surface area contributed by atoms with E-state index in [-0.39, 0.29) is 43.7 Å². The standard InChI is InChI=1S/C54H70N8O8/c1-10-45(63)60-31-54(70-33-60)21-25-59(26-22-54)52(67)58(8)47(34(3)4)49(64)56-43-28-36-15-12-16-37(27-36)38-19-20-44-40(29-38)41(48(61(44)11-2)39-17-13-23-55-46(39)35(5)68-9)30-53(6,7)32-69-51(66)42-18-14-24-62(57-42)50(43)65/h10,12-13,15-17,19-20,23,27,29,34-35,42-43,47,57H,1,11,14,18,21-22,24-26,28,30-33H2,2-9H3,(H,56,64)/t35-,42-,43-,47-/m0/s1. The lowest BCUT2D eigenvalue weighted by molar-refractivity contribution is -0.155. The third-order valence-electron chi connectivity index (χ3n) is 14.7. The molecule has 8 rings (SSSR count). The van der Waals surface area contributed by atoms with Crippen molar-refractivity contribution >= 4 is 40.6 Å². The number of nitrogens with zero attached hydrogens (tertiary/aromatic N) is 6. The molecule has 6 bridgehead atoms. The van der Waals surface area contributed by atoms with Gasteiger partial charge in [0.2, 0.25) is 11.8 Å². The van der Waals surface area contributed by atoms with Crippen LogP contribution in [0.5, 0.6) is 0 Å². The molecule has 1 spiro atoms. The van der Waals surface area contributed by atoms with E-state index in [1.807, 2.05) is 39.0 Å². The maximum atomic E-state index is 14.8. The van der Waals surface area contributed by atoms with Gasteiger partial charge in [0.25, 0.3) is 5.91 Å². The fourth-order valence-corrected chi connectivity index (χ4v) is 10.8. The highest BCUT2D eigenvalue weighted by Crippen LogP contribution is 2.42. The second kappa shape index (κ2) is 20.7. The molecule has 3 saturated heterocycles. The van der Waals surface area contributed by atoms with Crippen LogP contribution in [0, 0.1) is 11.3 Å². The van der Waals surface area contributed by atoms with Crippen LogP contribution in [0.2, 0.25) is 0 Å². The van der Waals surface area contributed by atoms with Gasteiger partial charge in [-0.1, -0.05) is 64.6 Å². The van der Waals surface area contributed by atoms with E-state index >= 15 is 0 Å². The number of esters is 1. The summed E-state index contributed by atoms with van der Waals surface area (Å²) in [6, 6.07) is 15.6. The van der Waals surface area contributed by atoms with Gasteiger partial charge in [0.05, 0.1) is 36.2 Å². The minimum absolute atomic E-state index is 0.134. The maximum absolute atomic E-state index is 14.8. The molecular weight excluding hydrogens is 889 g/mol. The monoisotopic (exact) mass is 959 g/mol. The predicted octanol–water partition coefficient (Wildman–Crippen LogP) is 6.66. The number of aryl methyl sites for hydroxylation is 1. The molecule has 0 radical (unpaired) electrons. The smallest absolute Gasteiger partial charge is 0.324 e. The normalized spacial score (nSPS) is 21.3. The van der Waals surface area contributed by atoms with Gasteiger partial charge in [-0.2, -0.15) is 0 Å². The molecule has 4 aliphatic rings. The minimum atomic E-state index is -1.05. The largest absolute Gasteiger partial charge is 0.464 e. The topological polar surface area (TPSA) is 168 Å². The number of ether oxygens (including phenoxy) is 3. The van der Waals surface area contributed by atoms with Gasteiger partial charge >= 0.3 is 12.0 Å². The number of amides is 5. The lowest BCUT2D eigenvalue weighted by atomic mass is 9.84. The van der Waals surface area contributed by atoms with Crippen molar-refractivity contribution in [3.8, 4) is 22.4 Å². The van der Waals surface area contributed by atoms with E-state index in [9.17, 15) is 24.0 Å². The molecule has 2 aromatic carbocycles. The van der Waals surface area contributed by atoms with Crippen molar-refractivity contribution in [2.45, 2.75) is 116 Å². The lowest BCUT2D eigenvalue weighted by Crippen LogP contribution is -2.62. The number of hydrazine groups is 1. The summed E-state index contributed by atoms with van der Waals surface area (Å²) in [6.45, 7) is 18.3. The van der Waals surface area contributed by atoms with Gasteiger partial charge in [0, 0.05) is 74.8 Å². The Kier molecular flexibility index (Phi) is 14.9. The van der Waals surface area contributed by atoms with Crippen molar-refractivity contribution in [3.05, 3.63) is 90.3 Å². The van der Waals surface area contributed by atoms with Crippen LogP contribution >= 0.6 is 0 Å². The minimum Gasteiger partial charge on any atom is -0.464 e. The van der Waals surface area contributed by atoms with Crippen molar-refractivity contribution in [1.29, 1.82) is 0 Å². The van der Waals surface area contributed by atoms with Gasteiger partial charge in [-0.3, -0.25) is 29.2 Å². The molecule has 16 heteroatoms. The van der Waals surface area contributed by atoms with Crippen molar-refractivity contribution in [3.63, 3.8) is 0 Å². The first kappa shape index (κ1) is 50.3. The maximum Gasteiger partial charge on any atom is 0.324 e. The molecule has 2 aromatic heterocycles. The first-order chi connectivity index (χ1) is 33.5. The number of hydrogen-bond acceptors (Lipinski definition) is 10. The van der Waals surface area contributed by atoms with Gasteiger partial charge in [-0.15, -0.1) is 0 Å². The molecule has 70 heavy (non-hydrogen) atoms. The number of likely N-dealkylation sites (tertiary alicyclic amines) is 1. The Morgan fingerprint density at radius 1 is 1.03 bits per heavy atom. The zero-order valence-corrected chi connectivity index (χ0v) is 42.1. The number of urea groups is 1. The Labute approximate surface area is 411 Å². The number of fused-ring (bicyclic) bond motifs is 6. The molecule has 6 heterocycles. The predicted molar refractivity (Wildman–Crippen MR) is 267 cm³/mol. The average molecular weight is 959 g/mol. The molecular formula is C54H70N8O8. The highest BCUT2D eigenvalue weighted by Gasteiger charge is 2.45. The summed E-state index contributed by atoms with van der Waals surface area (Å²) in [7, 11) is 3.32. The number of aromatic nitrogens is 2. The Morgan fingerprint density at radius 3 is 2.50 bits per heavy atom. The van der Waals surface area contributed by atoms with E-state index in [1.165, 1.54) is 16.0 Å². The number of pyridine rings is 1. The molecule has 0 unspecified atom stereocenters. The number of rotatable bonds is 9. The number of carbonyl (C=O) groups is 5. The highest BCUT2D eigenvalue weighted by molar-refractivity contribution is 5.96. The average Bonchev–Trinajstić information content (AvgIpc) is 3.91. The molecule has 16 nitrogen and oxygen atoms in total. The van der Waals surface area contributed by atoms with Crippen molar-refractivity contribution in [1.82, 2.24) is 40.0 Å². The number of piperidine rings is 1. The molecule has 3 fully saturated rings. The second-order valence-corrected chi connectivity index (χ2v) is 20.6. The number of benzene rings is 2. The van der Waals surface area contributed by atoms with Crippen LogP contribution in [-0.4, -0.2) is 136 Å². The molecule has 5 amide bonds. The van der Waals surface area contributed by atoms with Crippen LogP contribution < -0.4 is 10.7 Å². The third-order valence-corrected chi connectivity index (χ3v) is 14.7. The fourth-order valence-electron chi connectivity index (χ4n) is 10.8. The van der Waals surface area contributed by atoms with Crippen LogP contribution in [0.3, 0.4) is 0 Å². The third kappa shape index (κ3) is 10.2. The fraction of sp³-hybridized carbons (Fsp3) is 0.519. The summed E-state index contributed by atoms with van der Waals surface area (Å²) in [5.74, 6) is -1.81. The number of hydrogen-bond donors (Lipinski definition) is 2. The van der Waals surface area contributed by atoms with Crippen molar-refractivity contribution in [2.24, 2.45) is 11.3 Å². The van der Waals surface area contributed by atoms with Crippen LogP contribution in [0.15, 0.2) is 73.4 Å². The molecule has 374 valence electrons. The van der Waals surface area contributed by atoms with E-state index in [0.717, 1.165) is 50.1 Å². The van der Waals surface area contributed by atoms with Gasteiger partial charge in [-0.05, 0) is 104 Å². The summed E-state index contributed by atoms with van der Waals surface area (Å²) in [5, 5.41) is 5.61. The number of carbonyl (C=O) groups excluding carboxylic acids is 5. The highest BCUT2D eigenvalue weighted by atomic mass is 16.5. The lowest BCUT2D eigenvalue weighted by Gasteiger charge is -2.41. The van der Waals surface area contributed by atoms with Gasteiger partial charge in [0.15, 0.2) is 0 Å². The van der Waals surface area contributed by atoms with Gasteiger partial charge < -0.3 is 38.8 Å². The Balaban J connectivity index is 1.12. The Bertz CT molecular complexity index is 2630. The van der Waals surface area contributed by atoms with E-state index in [4.69, 9.17) is 19.2 Å². The van der Waals surface area contributed by atoms with Crippen LogP contribution in [-0.2, 0) is 52.8 Å². The number of nitrogens with one attached hydrogen (secondary N) is 2. The second-order valence-electron chi connectivity index (χ2n) is 20.6. The van der Waals surface area contributed by atoms with Gasteiger partial charge in [-0.25, -0.2) is 10.2 Å².